The molecule has 0 aliphatic heterocycles. The van der Waals surface area contributed by atoms with Gasteiger partial charge in [-0.2, -0.15) is 0 Å². The van der Waals surface area contributed by atoms with E-state index in [4.69, 9.17) is 23.2 Å². The summed E-state index contributed by atoms with van der Waals surface area (Å²) in [4.78, 5) is 0. The van der Waals surface area contributed by atoms with Crippen LogP contribution >= 0.6 is 39.1 Å². The molecule has 0 atom stereocenters. The topological polar surface area (TPSA) is 12.0 Å². The van der Waals surface area contributed by atoms with Crippen molar-refractivity contribution in [3.8, 4) is 0 Å². The molecule has 0 aromatic heterocycles. The molecule has 0 amide bonds. The average molecular weight is 371 g/mol. The summed E-state index contributed by atoms with van der Waals surface area (Å²) in [5.74, 6) is 0.612. The van der Waals surface area contributed by atoms with Gasteiger partial charge in [-0.25, -0.2) is 0 Å². The highest BCUT2D eigenvalue weighted by Crippen LogP contribution is 2.42. The normalized spacial score (nSPS) is 21.4. The molecule has 0 saturated heterocycles. The number of halogens is 3. The molecule has 1 saturated carbocycles. The smallest absolute Gasteiger partial charge is 0.0823 e. The minimum Gasteiger partial charge on any atom is -0.381 e. The second kappa shape index (κ2) is 5.97. The van der Waals surface area contributed by atoms with Crippen LogP contribution in [-0.4, -0.2) is 6.04 Å². The highest BCUT2D eigenvalue weighted by Gasteiger charge is 2.31. The predicted octanol–water partition coefficient (Wildman–Crippen LogP) is 6.11. The monoisotopic (exact) mass is 369 g/mol. The zero-order chi connectivity index (χ0) is 14.1. The molecule has 0 spiro atoms. The van der Waals surface area contributed by atoms with E-state index in [1.165, 1.54) is 10.0 Å². The van der Waals surface area contributed by atoms with Crippen LogP contribution in [0.15, 0.2) is 46.9 Å². The highest BCUT2D eigenvalue weighted by molar-refractivity contribution is 9.10. The third kappa shape index (κ3) is 2.83. The van der Waals surface area contributed by atoms with Crippen molar-refractivity contribution < 1.29 is 0 Å². The van der Waals surface area contributed by atoms with Crippen LogP contribution in [0.2, 0.25) is 10.0 Å². The van der Waals surface area contributed by atoms with Gasteiger partial charge in [-0.1, -0.05) is 63.4 Å². The third-order valence-electron chi connectivity index (χ3n) is 3.79. The van der Waals surface area contributed by atoms with E-state index < -0.39 is 0 Å². The summed E-state index contributed by atoms with van der Waals surface area (Å²) in [5.41, 5.74) is 2.32. The van der Waals surface area contributed by atoms with E-state index in [1.807, 2.05) is 18.2 Å². The maximum absolute atomic E-state index is 6.20. The Balaban J connectivity index is 1.64. The molecular weight excluding hydrogens is 357 g/mol. The minimum atomic E-state index is 0.461. The van der Waals surface area contributed by atoms with Crippen molar-refractivity contribution in [2.45, 2.75) is 24.8 Å². The fourth-order valence-corrected chi connectivity index (χ4v) is 3.59. The number of rotatable bonds is 3. The van der Waals surface area contributed by atoms with Gasteiger partial charge in [0, 0.05) is 10.5 Å². The van der Waals surface area contributed by atoms with Gasteiger partial charge in [0.2, 0.25) is 0 Å². The Morgan fingerprint density at radius 2 is 1.75 bits per heavy atom. The number of hydrogen-bond acceptors (Lipinski definition) is 1. The van der Waals surface area contributed by atoms with Gasteiger partial charge in [0.25, 0.3) is 0 Å². The fraction of sp³-hybridized carbons (Fsp3) is 0.250. The Morgan fingerprint density at radius 1 is 1.00 bits per heavy atom. The third-order valence-corrected chi connectivity index (χ3v) is 5.34. The quantitative estimate of drug-likeness (QED) is 0.686. The van der Waals surface area contributed by atoms with Gasteiger partial charge in [0.05, 0.1) is 15.7 Å². The Labute approximate surface area is 137 Å². The first-order valence-corrected chi connectivity index (χ1v) is 8.15. The summed E-state index contributed by atoms with van der Waals surface area (Å²) in [5, 5.41) is 4.68. The molecule has 0 radical (unpaired) electrons. The van der Waals surface area contributed by atoms with Crippen LogP contribution in [0.1, 0.15) is 24.3 Å². The van der Waals surface area contributed by atoms with Crippen molar-refractivity contribution >= 4 is 44.8 Å². The Bertz CT molecular complexity index is 624. The van der Waals surface area contributed by atoms with Crippen LogP contribution in [0.25, 0.3) is 0 Å². The van der Waals surface area contributed by atoms with Crippen molar-refractivity contribution in [3.63, 3.8) is 0 Å². The SMILES string of the molecule is Clc1cccc(NC2CC(c3ccccc3Br)C2)c1Cl. The number of anilines is 1. The molecular formula is C16H14BrCl2N. The molecule has 1 N–H and O–H groups in total. The summed E-state index contributed by atoms with van der Waals surface area (Å²) in [6.07, 6.45) is 2.23. The van der Waals surface area contributed by atoms with E-state index in [0.29, 0.717) is 22.0 Å². The summed E-state index contributed by atoms with van der Waals surface area (Å²) < 4.78 is 1.20. The molecule has 3 rings (SSSR count). The molecule has 2 aromatic rings. The van der Waals surface area contributed by atoms with Crippen molar-refractivity contribution in [1.82, 2.24) is 0 Å². The first kappa shape index (κ1) is 14.2. The van der Waals surface area contributed by atoms with Crippen LogP contribution in [0.3, 0.4) is 0 Å². The maximum Gasteiger partial charge on any atom is 0.0823 e. The molecule has 1 aliphatic rings. The van der Waals surface area contributed by atoms with Crippen molar-refractivity contribution in [3.05, 3.63) is 62.5 Å². The molecule has 0 bridgehead atoms. The molecule has 4 heteroatoms. The van der Waals surface area contributed by atoms with Gasteiger partial charge >= 0.3 is 0 Å². The standard InChI is InChI=1S/C16H14BrCl2N/c17-13-5-2-1-4-12(13)10-8-11(9-10)20-15-7-3-6-14(18)16(15)19/h1-7,10-11,20H,8-9H2. The Kier molecular flexibility index (Phi) is 4.25. The fourth-order valence-electron chi connectivity index (χ4n) is 2.63. The van der Waals surface area contributed by atoms with E-state index in [9.17, 15) is 0 Å². The molecule has 0 unspecified atom stereocenters. The molecule has 1 aliphatic carbocycles. The van der Waals surface area contributed by atoms with Gasteiger partial charge in [0.1, 0.15) is 0 Å². The van der Waals surface area contributed by atoms with E-state index in [2.05, 4.69) is 39.4 Å². The Morgan fingerprint density at radius 3 is 2.50 bits per heavy atom. The van der Waals surface area contributed by atoms with Crippen LogP contribution in [-0.2, 0) is 0 Å². The van der Waals surface area contributed by atoms with E-state index in [-0.39, 0.29) is 0 Å². The summed E-state index contributed by atoms with van der Waals surface area (Å²) in [7, 11) is 0. The minimum absolute atomic E-state index is 0.461. The van der Waals surface area contributed by atoms with Crippen LogP contribution in [0.4, 0.5) is 5.69 Å². The summed E-state index contributed by atoms with van der Waals surface area (Å²) >= 11 is 15.8. The zero-order valence-electron chi connectivity index (χ0n) is 10.7. The summed E-state index contributed by atoms with van der Waals surface area (Å²) in [6.45, 7) is 0. The highest BCUT2D eigenvalue weighted by atomic mass is 79.9. The van der Waals surface area contributed by atoms with Crippen LogP contribution in [0.5, 0.6) is 0 Å². The van der Waals surface area contributed by atoms with Gasteiger partial charge in [0.15, 0.2) is 0 Å². The van der Waals surface area contributed by atoms with Crippen LogP contribution in [0, 0.1) is 0 Å². The molecule has 1 fully saturated rings. The Hall–Kier alpha value is -0.700. The first-order chi connectivity index (χ1) is 9.65. The largest absolute Gasteiger partial charge is 0.381 e. The molecule has 0 heterocycles. The average Bonchev–Trinajstić information content (AvgIpc) is 2.39. The van der Waals surface area contributed by atoms with E-state index in [0.717, 1.165) is 18.5 Å². The number of benzene rings is 2. The van der Waals surface area contributed by atoms with Gasteiger partial charge in [-0.15, -0.1) is 0 Å². The maximum atomic E-state index is 6.20. The first-order valence-electron chi connectivity index (χ1n) is 6.60. The van der Waals surface area contributed by atoms with E-state index in [1.54, 1.807) is 6.07 Å². The lowest BCUT2D eigenvalue weighted by Gasteiger charge is -2.37. The number of hydrogen-bond donors (Lipinski definition) is 1. The van der Waals surface area contributed by atoms with Crippen molar-refractivity contribution in [1.29, 1.82) is 0 Å². The lowest BCUT2D eigenvalue weighted by Crippen LogP contribution is -2.34. The van der Waals surface area contributed by atoms with Crippen molar-refractivity contribution in [2.24, 2.45) is 0 Å². The number of nitrogens with one attached hydrogen (secondary N) is 1. The molecule has 1 nitrogen and oxygen atoms in total. The zero-order valence-corrected chi connectivity index (χ0v) is 13.8. The van der Waals surface area contributed by atoms with Gasteiger partial charge in [-0.05, 0) is 42.5 Å². The molecule has 20 heavy (non-hydrogen) atoms. The van der Waals surface area contributed by atoms with Gasteiger partial charge in [-0.3, -0.25) is 0 Å². The molecule has 104 valence electrons. The van der Waals surface area contributed by atoms with E-state index >= 15 is 0 Å². The second-order valence-electron chi connectivity index (χ2n) is 5.13. The van der Waals surface area contributed by atoms with Crippen LogP contribution < -0.4 is 5.32 Å². The molecule has 2 aromatic carbocycles. The van der Waals surface area contributed by atoms with Gasteiger partial charge < -0.3 is 5.32 Å². The van der Waals surface area contributed by atoms with Crippen molar-refractivity contribution in [2.75, 3.05) is 5.32 Å². The lowest BCUT2D eigenvalue weighted by molar-refractivity contribution is 0.373. The predicted molar refractivity (Wildman–Crippen MR) is 90.0 cm³/mol. The summed E-state index contributed by atoms with van der Waals surface area (Å²) in [6, 6.07) is 14.6. The second-order valence-corrected chi connectivity index (χ2v) is 6.77. The lowest BCUT2D eigenvalue weighted by atomic mass is 9.76.